The van der Waals surface area contributed by atoms with Gasteiger partial charge in [-0.05, 0) is 44.9 Å². The van der Waals surface area contributed by atoms with Gasteiger partial charge in [-0.2, -0.15) is 0 Å². The van der Waals surface area contributed by atoms with Gasteiger partial charge in [0.15, 0.2) is 0 Å². The molecule has 1 saturated carbocycles. The van der Waals surface area contributed by atoms with Crippen LogP contribution in [0, 0.1) is 5.82 Å². The Balaban J connectivity index is 2.09. The van der Waals surface area contributed by atoms with Gasteiger partial charge in [0.1, 0.15) is 18.0 Å². The number of hydrogen-bond acceptors (Lipinski definition) is 3. The van der Waals surface area contributed by atoms with E-state index in [4.69, 9.17) is 9.84 Å². The number of carboxylic acid groups (broad SMARTS) is 1. The molecule has 0 bridgehead atoms. The van der Waals surface area contributed by atoms with Crippen molar-refractivity contribution in [3.8, 4) is 0 Å². The molecule has 6 heteroatoms. The standard InChI is InChI=1S/C16H20FNO4/c1-16(2,3)22-15(21)18(9-14(19)20)13-8-12(13)10-4-6-11(17)7-5-10/h4-7,12-13H,8-9H2,1-3H3,(H,19,20). The highest BCUT2D eigenvalue weighted by Crippen LogP contribution is 2.45. The van der Waals surface area contributed by atoms with Crippen LogP contribution in [0.15, 0.2) is 24.3 Å². The van der Waals surface area contributed by atoms with Crippen molar-refractivity contribution in [1.82, 2.24) is 4.90 Å². The minimum Gasteiger partial charge on any atom is -0.480 e. The highest BCUT2D eigenvalue weighted by atomic mass is 19.1. The zero-order valence-electron chi connectivity index (χ0n) is 12.9. The Hall–Kier alpha value is -2.11. The van der Waals surface area contributed by atoms with Gasteiger partial charge in [0.25, 0.3) is 0 Å². The molecule has 0 heterocycles. The molecule has 1 aliphatic rings. The molecule has 0 aromatic heterocycles. The molecule has 120 valence electrons. The summed E-state index contributed by atoms with van der Waals surface area (Å²) in [7, 11) is 0. The fourth-order valence-electron chi connectivity index (χ4n) is 2.38. The summed E-state index contributed by atoms with van der Waals surface area (Å²) in [6.07, 6.45) is 0.0162. The summed E-state index contributed by atoms with van der Waals surface area (Å²) in [5.74, 6) is -1.39. The molecule has 1 aliphatic carbocycles. The van der Waals surface area contributed by atoms with Crippen molar-refractivity contribution < 1.29 is 23.8 Å². The van der Waals surface area contributed by atoms with Crippen LogP contribution in [0.1, 0.15) is 38.7 Å². The summed E-state index contributed by atoms with van der Waals surface area (Å²) in [4.78, 5) is 24.4. The van der Waals surface area contributed by atoms with Gasteiger partial charge in [-0.25, -0.2) is 9.18 Å². The lowest BCUT2D eigenvalue weighted by atomic mass is 10.1. The minimum atomic E-state index is -1.09. The molecule has 22 heavy (non-hydrogen) atoms. The SMILES string of the molecule is CC(C)(C)OC(=O)N(CC(=O)O)C1CC1c1ccc(F)cc1. The van der Waals surface area contributed by atoms with E-state index in [2.05, 4.69) is 0 Å². The van der Waals surface area contributed by atoms with Crippen LogP contribution < -0.4 is 0 Å². The molecule has 1 aromatic rings. The molecule has 2 unspecified atom stereocenters. The number of hydrogen-bond donors (Lipinski definition) is 1. The fraction of sp³-hybridized carbons (Fsp3) is 0.500. The first-order chi connectivity index (χ1) is 10.2. The first-order valence-electron chi connectivity index (χ1n) is 7.14. The summed E-state index contributed by atoms with van der Waals surface area (Å²) >= 11 is 0. The lowest BCUT2D eigenvalue weighted by Crippen LogP contribution is -2.41. The van der Waals surface area contributed by atoms with Gasteiger partial charge >= 0.3 is 12.1 Å². The fourth-order valence-corrected chi connectivity index (χ4v) is 2.38. The molecule has 1 N–H and O–H groups in total. The Morgan fingerprint density at radius 2 is 1.91 bits per heavy atom. The lowest BCUT2D eigenvalue weighted by Gasteiger charge is -2.26. The summed E-state index contributed by atoms with van der Waals surface area (Å²) in [6.45, 7) is 4.79. The molecule has 1 amide bonds. The van der Waals surface area contributed by atoms with E-state index in [1.807, 2.05) is 0 Å². The quantitative estimate of drug-likeness (QED) is 0.928. The van der Waals surface area contributed by atoms with Crippen LogP contribution in [0.3, 0.4) is 0 Å². The van der Waals surface area contributed by atoms with Gasteiger partial charge in [-0.15, -0.1) is 0 Å². The number of rotatable bonds is 4. The second kappa shape index (κ2) is 5.94. The van der Waals surface area contributed by atoms with Crippen molar-refractivity contribution >= 4 is 12.1 Å². The predicted octanol–water partition coefficient (Wildman–Crippen LogP) is 3.00. The van der Waals surface area contributed by atoms with Crippen molar-refractivity contribution in [2.24, 2.45) is 0 Å². The molecule has 0 spiro atoms. The van der Waals surface area contributed by atoms with Crippen molar-refractivity contribution in [3.63, 3.8) is 0 Å². The Kier molecular flexibility index (Phi) is 4.39. The molecule has 1 fully saturated rings. The number of nitrogens with zero attached hydrogens (tertiary/aromatic N) is 1. The molecular weight excluding hydrogens is 289 g/mol. The topological polar surface area (TPSA) is 66.8 Å². The molecule has 0 radical (unpaired) electrons. The number of amides is 1. The summed E-state index contributed by atoms with van der Waals surface area (Å²) in [5.41, 5.74) is 0.207. The monoisotopic (exact) mass is 309 g/mol. The highest BCUT2D eigenvalue weighted by molar-refractivity contribution is 5.77. The van der Waals surface area contributed by atoms with Crippen LogP contribution in [0.25, 0.3) is 0 Å². The predicted molar refractivity (Wildman–Crippen MR) is 78.1 cm³/mol. The maximum atomic E-state index is 12.9. The largest absolute Gasteiger partial charge is 0.480 e. The van der Waals surface area contributed by atoms with Gasteiger partial charge in [-0.3, -0.25) is 9.69 Å². The summed E-state index contributed by atoms with van der Waals surface area (Å²) in [5, 5.41) is 9.00. The van der Waals surface area contributed by atoms with Crippen molar-refractivity contribution in [2.45, 2.75) is 44.8 Å². The first kappa shape index (κ1) is 16.3. The van der Waals surface area contributed by atoms with E-state index in [0.717, 1.165) is 5.56 Å². The maximum Gasteiger partial charge on any atom is 0.411 e. The second-order valence-corrected chi connectivity index (χ2v) is 6.46. The van der Waals surface area contributed by atoms with Crippen LogP contribution in [-0.4, -0.2) is 40.3 Å². The van der Waals surface area contributed by atoms with E-state index in [0.29, 0.717) is 6.42 Å². The van der Waals surface area contributed by atoms with Crippen LogP contribution in [0.4, 0.5) is 9.18 Å². The normalized spacial score (nSPS) is 20.4. The lowest BCUT2D eigenvalue weighted by molar-refractivity contribution is -0.138. The number of ether oxygens (including phenoxy) is 1. The maximum absolute atomic E-state index is 12.9. The molecule has 1 aromatic carbocycles. The van der Waals surface area contributed by atoms with Gasteiger partial charge in [0.2, 0.25) is 0 Å². The molecule has 2 rings (SSSR count). The van der Waals surface area contributed by atoms with Crippen LogP contribution in [0.5, 0.6) is 0 Å². The number of carbonyl (C=O) groups is 2. The van der Waals surface area contributed by atoms with Gasteiger partial charge < -0.3 is 9.84 Å². The van der Waals surface area contributed by atoms with Crippen LogP contribution in [-0.2, 0) is 9.53 Å². The average molecular weight is 309 g/mol. The van der Waals surface area contributed by atoms with E-state index in [9.17, 15) is 14.0 Å². The first-order valence-corrected chi connectivity index (χ1v) is 7.14. The van der Waals surface area contributed by atoms with E-state index in [-0.39, 0.29) is 17.8 Å². The third kappa shape index (κ3) is 4.19. The van der Waals surface area contributed by atoms with Crippen LogP contribution in [0.2, 0.25) is 0 Å². The number of benzene rings is 1. The molecule has 0 aliphatic heterocycles. The van der Waals surface area contributed by atoms with Gasteiger partial charge in [0.05, 0.1) is 0 Å². The van der Waals surface area contributed by atoms with Crippen LogP contribution >= 0.6 is 0 Å². The Bertz CT molecular complexity index is 565. The zero-order valence-corrected chi connectivity index (χ0v) is 12.9. The zero-order chi connectivity index (χ0) is 16.5. The van der Waals surface area contributed by atoms with Gasteiger partial charge in [0, 0.05) is 12.0 Å². The van der Waals surface area contributed by atoms with Crippen molar-refractivity contribution in [1.29, 1.82) is 0 Å². The molecular formula is C16H20FNO4. The Labute approximate surface area is 128 Å². The van der Waals surface area contributed by atoms with E-state index in [1.165, 1.54) is 17.0 Å². The van der Waals surface area contributed by atoms with E-state index in [1.54, 1.807) is 32.9 Å². The molecule has 2 atom stereocenters. The van der Waals surface area contributed by atoms with Crippen molar-refractivity contribution in [3.05, 3.63) is 35.6 Å². The Morgan fingerprint density at radius 3 is 2.41 bits per heavy atom. The smallest absolute Gasteiger partial charge is 0.411 e. The average Bonchev–Trinajstić information content (AvgIpc) is 3.14. The number of halogens is 1. The minimum absolute atomic E-state index is 0.0208. The Morgan fingerprint density at radius 1 is 1.32 bits per heavy atom. The molecule has 5 nitrogen and oxygen atoms in total. The summed E-state index contributed by atoms with van der Waals surface area (Å²) < 4.78 is 18.2. The third-order valence-corrected chi connectivity index (χ3v) is 3.39. The van der Waals surface area contributed by atoms with Gasteiger partial charge in [-0.1, -0.05) is 12.1 Å². The highest BCUT2D eigenvalue weighted by Gasteiger charge is 2.46. The molecule has 0 saturated heterocycles. The number of carbonyl (C=O) groups excluding carboxylic acids is 1. The van der Waals surface area contributed by atoms with E-state index >= 15 is 0 Å². The van der Waals surface area contributed by atoms with Crippen molar-refractivity contribution in [2.75, 3.05) is 6.54 Å². The van der Waals surface area contributed by atoms with E-state index < -0.39 is 24.2 Å². The second-order valence-electron chi connectivity index (χ2n) is 6.46. The number of aliphatic carboxylic acids is 1. The number of carboxylic acids is 1. The summed E-state index contributed by atoms with van der Waals surface area (Å²) in [6, 6.07) is 5.82. The third-order valence-electron chi connectivity index (χ3n) is 3.39.